The molecule has 2 aromatic rings. The number of sulfone groups is 1. The van der Waals surface area contributed by atoms with E-state index in [-0.39, 0.29) is 11.7 Å². The van der Waals surface area contributed by atoms with Crippen LogP contribution in [0.4, 0.5) is 0 Å². The lowest BCUT2D eigenvalue weighted by molar-refractivity contribution is 0.174. The van der Waals surface area contributed by atoms with E-state index < -0.39 is 26.5 Å². The van der Waals surface area contributed by atoms with Crippen LogP contribution in [0.2, 0.25) is 0 Å². The van der Waals surface area contributed by atoms with E-state index in [1.165, 1.54) is 12.1 Å². The summed E-state index contributed by atoms with van der Waals surface area (Å²) in [5.41, 5.74) is 5.33. The van der Waals surface area contributed by atoms with Crippen LogP contribution in [0.25, 0.3) is 0 Å². The minimum absolute atomic E-state index is 0.126. The van der Waals surface area contributed by atoms with Crippen molar-refractivity contribution in [1.82, 2.24) is 0 Å². The largest absolute Gasteiger partial charge is 0.454 e. The van der Waals surface area contributed by atoms with Crippen LogP contribution in [0.3, 0.4) is 0 Å². The fourth-order valence-corrected chi connectivity index (χ4v) is 5.46. The minimum Gasteiger partial charge on any atom is -0.454 e. The van der Waals surface area contributed by atoms with Gasteiger partial charge in [0.25, 0.3) is 0 Å². The molecular weight excluding hydrogens is 328 g/mol. The molecule has 122 valence electrons. The lowest BCUT2D eigenvalue weighted by Gasteiger charge is -2.04. The number of nitrogens with zero attached hydrogens (tertiary/aromatic N) is 1. The molecule has 0 bridgehead atoms. The van der Waals surface area contributed by atoms with Crippen molar-refractivity contribution in [3.8, 4) is 17.6 Å². The molecule has 0 saturated heterocycles. The van der Waals surface area contributed by atoms with Gasteiger partial charge >= 0.3 is 0 Å². The zero-order valence-electron chi connectivity index (χ0n) is 12.5. The van der Waals surface area contributed by atoms with Crippen LogP contribution < -0.4 is 15.2 Å². The first kappa shape index (κ1) is 15.0. The van der Waals surface area contributed by atoms with Gasteiger partial charge in [-0.25, -0.2) is 8.42 Å². The van der Waals surface area contributed by atoms with Gasteiger partial charge in [0.05, 0.1) is 11.0 Å². The normalized spacial score (nSPS) is 27.5. The summed E-state index contributed by atoms with van der Waals surface area (Å²) in [7, 11) is -3.72. The number of fused-ring (bicyclic) bond motifs is 1. The first-order valence-electron chi connectivity index (χ1n) is 7.37. The Morgan fingerprint density at radius 3 is 2.54 bits per heavy atom. The Hall–Kier alpha value is -2.56. The summed E-state index contributed by atoms with van der Waals surface area (Å²) in [5, 5.41) is 8.49. The molecule has 0 spiro atoms. The van der Waals surface area contributed by atoms with E-state index in [1.807, 2.05) is 6.07 Å². The second-order valence-corrected chi connectivity index (χ2v) is 7.98. The number of ether oxygens (including phenoxy) is 2. The Labute approximate surface area is 139 Å². The highest BCUT2D eigenvalue weighted by Crippen LogP contribution is 2.56. The highest BCUT2D eigenvalue weighted by atomic mass is 32.2. The molecule has 0 amide bonds. The van der Waals surface area contributed by atoms with Crippen molar-refractivity contribution in [3.05, 3.63) is 54.1 Å². The third-order valence-electron chi connectivity index (χ3n) is 4.53. The maximum atomic E-state index is 12.9. The molecule has 0 radical (unpaired) electrons. The van der Waals surface area contributed by atoms with E-state index in [2.05, 4.69) is 0 Å². The highest BCUT2D eigenvalue weighted by molar-refractivity contribution is 7.92. The number of rotatable bonds is 3. The van der Waals surface area contributed by atoms with Gasteiger partial charge in [-0.3, -0.25) is 0 Å². The number of benzene rings is 2. The van der Waals surface area contributed by atoms with E-state index in [1.54, 1.807) is 36.4 Å². The van der Waals surface area contributed by atoms with E-state index in [0.717, 1.165) is 0 Å². The molecular formula is C17H14N2O4S. The molecule has 7 heteroatoms. The Bertz CT molecular complexity index is 952. The van der Waals surface area contributed by atoms with Gasteiger partial charge in [0.1, 0.15) is 10.8 Å². The van der Waals surface area contributed by atoms with Crippen LogP contribution in [0, 0.1) is 11.3 Å². The number of nitriles is 1. The predicted molar refractivity (Wildman–Crippen MR) is 85.3 cm³/mol. The zero-order valence-corrected chi connectivity index (χ0v) is 13.4. The van der Waals surface area contributed by atoms with Gasteiger partial charge in [-0.2, -0.15) is 5.26 Å². The number of hydrogen-bond acceptors (Lipinski definition) is 6. The molecule has 0 unspecified atom stereocenters. The molecule has 1 aliphatic carbocycles. The summed E-state index contributed by atoms with van der Waals surface area (Å²) in [6, 6.07) is 15.2. The summed E-state index contributed by atoms with van der Waals surface area (Å²) in [4.78, 5) is 0.170. The molecule has 2 aliphatic rings. The van der Waals surface area contributed by atoms with Gasteiger partial charge in [0, 0.05) is 5.92 Å². The van der Waals surface area contributed by atoms with Gasteiger partial charge in [-0.05, 0) is 29.8 Å². The first-order valence-corrected chi connectivity index (χ1v) is 8.92. The van der Waals surface area contributed by atoms with Gasteiger partial charge in [-0.15, -0.1) is 0 Å². The van der Waals surface area contributed by atoms with Crippen LogP contribution in [-0.2, 0) is 9.84 Å². The molecule has 6 nitrogen and oxygen atoms in total. The molecule has 4 rings (SSSR count). The van der Waals surface area contributed by atoms with E-state index in [0.29, 0.717) is 17.1 Å². The second-order valence-electron chi connectivity index (χ2n) is 5.91. The Balaban J connectivity index is 1.76. The fourth-order valence-electron chi connectivity index (χ4n) is 3.26. The molecule has 0 aromatic heterocycles. The maximum Gasteiger partial charge on any atom is 0.231 e. The highest BCUT2D eigenvalue weighted by Gasteiger charge is 2.70. The van der Waals surface area contributed by atoms with Crippen molar-refractivity contribution >= 4 is 9.84 Å². The zero-order chi connectivity index (χ0) is 16.9. The van der Waals surface area contributed by atoms with Gasteiger partial charge in [0.2, 0.25) is 6.79 Å². The van der Waals surface area contributed by atoms with Gasteiger partial charge in [-0.1, -0.05) is 24.3 Å². The van der Waals surface area contributed by atoms with Crippen LogP contribution in [0.5, 0.6) is 11.5 Å². The van der Waals surface area contributed by atoms with Crippen LogP contribution in [0.1, 0.15) is 11.5 Å². The van der Waals surface area contributed by atoms with E-state index in [4.69, 9.17) is 15.2 Å². The van der Waals surface area contributed by atoms with E-state index >= 15 is 0 Å². The average molecular weight is 342 g/mol. The monoisotopic (exact) mass is 342 g/mol. The standard InChI is InChI=1S/C17H14N2O4S/c18-9-17(19)15(11-6-7-13-14(8-11)23-10-22-13)16(17)24(20,21)12-4-2-1-3-5-12/h1-8,15-16H,10,19H2/t15-,16-,17+/m1/s1. The summed E-state index contributed by atoms with van der Waals surface area (Å²) in [6.07, 6.45) is 0. The van der Waals surface area contributed by atoms with Crippen LogP contribution >= 0.6 is 0 Å². The smallest absolute Gasteiger partial charge is 0.231 e. The molecule has 1 fully saturated rings. The maximum absolute atomic E-state index is 12.9. The molecule has 24 heavy (non-hydrogen) atoms. The Morgan fingerprint density at radius 1 is 1.12 bits per heavy atom. The third kappa shape index (κ3) is 2.00. The molecule has 2 aromatic carbocycles. The summed E-state index contributed by atoms with van der Waals surface area (Å²) >= 11 is 0. The minimum atomic E-state index is -3.72. The van der Waals surface area contributed by atoms with Crippen molar-refractivity contribution in [1.29, 1.82) is 5.26 Å². The van der Waals surface area contributed by atoms with Crippen molar-refractivity contribution in [3.63, 3.8) is 0 Å². The molecule has 2 N–H and O–H groups in total. The Kier molecular flexibility index (Phi) is 3.10. The molecule has 1 heterocycles. The van der Waals surface area contributed by atoms with Crippen molar-refractivity contribution in [2.45, 2.75) is 21.6 Å². The molecule has 3 atom stereocenters. The molecule has 1 saturated carbocycles. The summed E-state index contributed by atoms with van der Waals surface area (Å²) < 4.78 is 36.4. The lowest BCUT2D eigenvalue weighted by atomic mass is 10.1. The number of nitrogens with two attached hydrogens (primary N) is 1. The quantitative estimate of drug-likeness (QED) is 0.908. The average Bonchev–Trinajstić information content (AvgIpc) is 3.00. The fraction of sp³-hybridized carbons (Fsp3) is 0.235. The summed E-state index contributed by atoms with van der Waals surface area (Å²) in [5.74, 6) is 0.527. The lowest BCUT2D eigenvalue weighted by Crippen LogP contribution is -2.29. The second kappa shape index (κ2) is 4.97. The molecule has 1 aliphatic heterocycles. The Morgan fingerprint density at radius 2 is 1.83 bits per heavy atom. The van der Waals surface area contributed by atoms with Gasteiger partial charge < -0.3 is 15.2 Å². The number of hydrogen-bond donors (Lipinski definition) is 1. The van der Waals surface area contributed by atoms with Crippen molar-refractivity contribution in [2.24, 2.45) is 5.73 Å². The summed E-state index contributed by atoms with van der Waals surface area (Å²) in [6.45, 7) is 0.126. The first-order chi connectivity index (χ1) is 11.5. The van der Waals surface area contributed by atoms with Crippen molar-refractivity contribution < 1.29 is 17.9 Å². The van der Waals surface area contributed by atoms with Crippen LogP contribution in [-0.4, -0.2) is 26.0 Å². The topological polar surface area (TPSA) is 102 Å². The third-order valence-corrected chi connectivity index (χ3v) is 6.79. The predicted octanol–water partition coefficient (Wildman–Crippen LogP) is 1.58. The van der Waals surface area contributed by atoms with E-state index in [9.17, 15) is 13.7 Å². The van der Waals surface area contributed by atoms with Crippen LogP contribution in [0.15, 0.2) is 53.4 Å². The SMILES string of the molecule is N#C[C@]1(N)[C@H](c2ccc3c(c2)OCO3)[C@H]1S(=O)(=O)c1ccccc1. The van der Waals surface area contributed by atoms with Crippen molar-refractivity contribution in [2.75, 3.05) is 6.79 Å². The van der Waals surface area contributed by atoms with Gasteiger partial charge in [0.15, 0.2) is 21.3 Å².